The summed E-state index contributed by atoms with van der Waals surface area (Å²) in [5.74, 6) is 0.614. The molecule has 148 valence electrons. The highest BCUT2D eigenvalue weighted by Crippen LogP contribution is 2.30. The van der Waals surface area contributed by atoms with E-state index in [9.17, 15) is 14.9 Å². The van der Waals surface area contributed by atoms with Gasteiger partial charge >= 0.3 is 0 Å². The van der Waals surface area contributed by atoms with Gasteiger partial charge in [-0.3, -0.25) is 14.9 Å². The first kappa shape index (κ1) is 19.5. The number of ether oxygens (including phenoxy) is 1. The summed E-state index contributed by atoms with van der Waals surface area (Å²) in [6.07, 6.45) is 0. The predicted octanol–water partition coefficient (Wildman–Crippen LogP) is 2.63. The van der Waals surface area contributed by atoms with Crippen molar-refractivity contribution in [2.75, 3.05) is 57.2 Å². The summed E-state index contributed by atoms with van der Waals surface area (Å²) in [5, 5.41) is 11.1. The van der Waals surface area contributed by atoms with Crippen molar-refractivity contribution in [3.8, 4) is 5.75 Å². The third kappa shape index (κ3) is 3.85. The van der Waals surface area contributed by atoms with Crippen molar-refractivity contribution in [3.05, 3.63) is 58.1 Å². The molecule has 1 saturated heterocycles. The number of non-ortho nitro benzene ring substituents is 1. The molecule has 0 radical (unpaired) electrons. The fraction of sp³-hybridized carbons (Fsp3) is 0.350. The van der Waals surface area contributed by atoms with E-state index < -0.39 is 4.92 Å². The predicted molar refractivity (Wildman–Crippen MR) is 109 cm³/mol. The lowest BCUT2D eigenvalue weighted by molar-refractivity contribution is -0.384. The summed E-state index contributed by atoms with van der Waals surface area (Å²) < 4.78 is 5.43. The number of para-hydroxylation sites is 2. The van der Waals surface area contributed by atoms with Crippen LogP contribution in [-0.4, -0.2) is 63.1 Å². The lowest BCUT2D eigenvalue weighted by Crippen LogP contribution is -2.49. The first-order valence-electron chi connectivity index (χ1n) is 9.05. The van der Waals surface area contributed by atoms with E-state index in [1.807, 2.05) is 38.4 Å². The molecule has 8 nitrogen and oxygen atoms in total. The second-order valence-electron chi connectivity index (χ2n) is 6.80. The van der Waals surface area contributed by atoms with E-state index in [-0.39, 0.29) is 11.6 Å². The zero-order chi connectivity index (χ0) is 20.3. The van der Waals surface area contributed by atoms with Gasteiger partial charge in [0.1, 0.15) is 5.75 Å². The van der Waals surface area contributed by atoms with Crippen LogP contribution in [0.2, 0.25) is 0 Å². The average molecular weight is 384 g/mol. The standard InChI is InChI=1S/C20H24N4O4/c1-21(2)17-9-8-15(24(26)27)14-16(17)20(25)23-12-10-22(11-13-23)18-6-4-5-7-19(18)28-3/h4-9,14H,10-13H2,1-3H3. The minimum absolute atomic E-state index is 0.0818. The molecule has 0 bridgehead atoms. The van der Waals surface area contributed by atoms with Gasteiger partial charge in [-0.1, -0.05) is 12.1 Å². The first-order valence-corrected chi connectivity index (χ1v) is 9.05. The SMILES string of the molecule is COc1ccccc1N1CCN(C(=O)c2cc([N+](=O)[O-])ccc2N(C)C)CC1. The summed E-state index contributed by atoms with van der Waals surface area (Å²) in [7, 11) is 5.28. The molecule has 0 aromatic heterocycles. The molecule has 1 aliphatic rings. The van der Waals surface area contributed by atoms with E-state index in [4.69, 9.17) is 4.74 Å². The van der Waals surface area contributed by atoms with Crippen LogP contribution in [0.15, 0.2) is 42.5 Å². The topological polar surface area (TPSA) is 79.2 Å². The second-order valence-corrected chi connectivity index (χ2v) is 6.80. The summed E-state index contributed by atoms with van der Waals surface area (Å²) in [5.41, 5.74) is 1.94. The van der Waals surface area contributed by atoms with Gasteiger partial charge < -0.3 is 19.4 Å². The largest absolute Gasteiger partial charge is 0.495 e. The Morgan fingerprint density at radius 3 is 2.39 bits per heavy atom. The van der Waals surface area contributed by atoms with Gasteiger partial charge in [-0.2, -0.15) is 0 Å². The molecule has 0 atom stereocenters. The molecule has 0 spiro atoms. The number of rotatable bonds is 5. The molecule has 3 rings (SSSR count). The van der Waals surface area contributed by atoms with E-state index in [1.165, 1.54) is 12.1 Å². The number of nitrogens with zero attached hydrogens (tertiary/aromatic N) is 4. The minimum atomic E-state index is -0.476. The van der Waals surface area contributed by atoms with Crippen LogP contribution in [0.4, 0.5) is 17.1 Å². The second kappa shape index (κ2) is 8.16. The van der Waals surface area contributed by atoms with Crippen LogP contribution in [0.25, 0.3) is 0 Å². The molecule has 1 heterocycles. The van der Waals surface area contributed by atoms with E-state index in [0.29, 0.717) is 37.4 Å². The van der Waals surface area contributed by atoms with Gasteiger partial charge in [0.15, 0.2) is 0 Å². The maximum Gasteiger partial charge on any atom is 0.270 e. The van der Waals surface area contributed by atoms with Gasteiger partial charge in [0.05, 0.1) is 23.3 Å². The highest BCUT2D eigenvalue weighted by molar-refractivity contribution is 6.00. The van der Waals surface area contributed by atoms with Gasteiger partial charge in [0.25, 0.3) is 11.6 Å². The molecule has 0 N–H and O–H groups in total. The molecule has 1 aliphatic heterocycles. The fourth-order valence-electron chi connectivity index (χ4n) is 3.41. The number of anilines is 2. The molecular formula is C20H24N4O4. The van der Waals surface area contributed by atoms with Crippen LogP contribution < -0.4 is 14.5 Å². The molecule has 1 amide bonds. The molecule has 1 fully saturated rings. The number of carbonyl (C=O) groups is 1. The van der Waals surface area contributed by atoms with Gasteiger partial charge in [0.2, 0.25) is 0 Å². The van der Waals surface area contributed by atoms with Gasteiger partial charge in [-0.15, -0.1) is 0 Å². The maximum atomic E-state index is 13.1. The number of hydrogen-bond acceptors (Lipinski definition) is 6. The van der Waals surface area contributed by atoms with Crippen LogP contribution in [0, 0.1) is 10.1 Å². The van der Waals surface area contributed by atoms with E-state index in [0.717, 1.165) is 11.4 Å². The molecular weight excluding hydrogens is 360 g/mol. The van der Waals surface area contributed by atoms with Crippen LogP contribution in [0.3, 0.4) is 0 Å². The Morgan fingerprint density at radius 2 is 1.79 bits per heavy atom. The summed E-state index contributed by atoms with van der Waals surface area (Å²) in [4.78, 5) is 29.5. The highest BCUT2D eigenvalue weighted by Gasteiger charge is 2.27. The van der Waals surface area contributed by atoms with Crippen molar-refractivity contribution in [2.45, 2.75) is 0 Å². The van der Waals surface area contributed by atoms with Gasteiger partial charge in [-0.05, 0) is 18.2 Å². The summed E-state index contributed by atoms with van der Waals surface area (Å²) in [6, 6.07) is 12.2. The van der Waals surface area contributed by atoms with Crippen molar-refractivity contribution in [2.24, 2.45) is 0 Å². The normalized spacial score (nSPS) is 14.0. The van der Waals surface area contributed by atoms with Crippen molar-refractivity contribution < 1.29 is 14.5 Å². The Labute approximate surface area is 164 Å². The Kier molecular flexibility index (Phi) is 5.67. The zero-order valence-corrected chi connectivity index (χ0v) is 16.3. The Morgan fingerprint density at radius 1 is 1.11 bits per heavy atom. The number of nitro groups is 1. The number of methoxy groups -OCH3 is 1. The van der Waals surface area contributed by atoms with E-state index in [1.54, 1.807) is 23.0 Å². The van der Waals surface area contributed by atoms with Crippen molar-refractivity contribution in [1.82, 2.24) is 4.90 Å². The first-order chi connectivity index (χ1) is 13.4. The van der Waals surface area contributed by atoms with E-state index in [2.05, 4.69) is 4.90 Å². The van der Waals surface area contributed by atoms with Crippen LogP contribution in [0.5, 0.6) is 5.75 Å². The van der Waals surface area contributed by atoms with Crippen molar-refractivity contribution in [1.29, 1.82) is 0 Å². The number of hydrogen-bond donors (Lipinski definition) is 0. The fourth-order valence-corrected chi connectivity index (χ4v) is 3.41. The van der Waals surface area contributed by atoms with Crippen molar-refractivity contribution in [3.63, 3.8) is 0 Å². The Balaban J connectivity index is 1.78. The van der Waals surface area contributed by atoms with Crippen LogP contribution in [0.1, 0.15) is 10.4 Å². The Hall–Kier alpha value is -3.29. The summed E-state index contributed by atoms with van der Waals surface area (Å²) >= 11 is 0. The number of carbonyl (C=O) groups excluding carboxylic acids is 1. The third-order valence-corrected chi connectivity index (χ3v) is 4.90. The summed E-state index contributed by atoms with van der Waals surface area (Å²) in [6.45, 7) is 2.40. The maximum absolute atomic E-state index is 13.1. The van der Waals surface area contributed by atoms with Gasteiger partial charge in [-0.25, -0.2) is 0 Å². The number of nitro benzene ring substituents is 1. The van der Waals surface area contributed by atoms with Crippen molar-refractivity contribution >= 4 is 23.0 Å². The molecule has 8 heteroatoms. The molecule has 0 aliphatic carbocycles. The lowest BCUT2D eigenvalue weighted by atomic mass is 10.1. The monoisotopic (exact) mass is 384 g/mol. The minimum Gasteiger partial charge on any atom is -0.495 e. The Bertz CT molecular complexity index is 876. The molecule has 28 heavy (non-hydrogen) atoms. The zero-order valence-electron chi connectivity index (χ0n) is 16.3. The third-order valence-electron chi connectivity index (χ3n) is 4.90. The number of benzene rings is 2. The molecule has 2 aromatic rings. The lowest BCUT2D eigenvalue weighted by Gasteiger charge is -2.37. The molecule has 0 unspecified atom stereocenters. The average Bonchev–Trinajstić information content (AvgIpc) is 2.72. The quantitative estimate of drug-likeness (QED) is 0.582. The number of amides is 1. The van der Waals surface area contributed by atoms with Crippen LogP contribution in [-0.2, 0) is 0 Å². The molecule has 0 saturated carbocycles. The molecule has 2 aromatic carbocycles. The highest BCUT2D eigenvalue weighted by atomic mass is 16.6. The van der Waals surface area contributed by atoms with Crippen LogP contribution >= 0.6 is 0 Å². The van der Waals surface area contributed by atoms with Gasteiger partial charge in [0, 0.05) is 58.1 Å². The number of piperazine rings is 1. The van der Waals surface area contributed by atoms with E-state index >= 15 is 0 Å². The smallest absolute Gasteiger partial charge is 0.270 e.